The minimum atomic E-state index is -4.24. The summed E-state index contributed by atoms with van der Waals surface area (Å²) in [6.45, 7) is 1.92. The summed E-state index contributed by atoms with van der Waals surface area (Å²) in [5, 5.41) is 11.8. The van der Waals surface area contributed by atoms with E-state index in [0.29, 0.717) is 12.8 Å². The Bertz CT molecular complexity index is 183. The van der Waals surface area contributed by atoms with E-state index in [2.05, 4.69) is 5.32 Å². The van der Waals surface area contributed by atoms with Crippen LogP contribution < -0.4 is 5.32 Å². The summed E-state index contributed by atoms with van der Waals surface area (Å²) in [4.78, 5) is 0. The van der Waals surface area contributed by atoms with Crippen molar-refractivity contribution in [3.05, 3.63) is 0 Å². The highest BCUT2D eigenvalue weighted by molar-refractivity contribution is 4.88. The number of hydrogen-bond donors (Lipinski definition) is 2. The molecule has 5 heteroatoms. The van der Waals surface area contributed by atoms with E-state index in [1.807, 2.05) is 6.92 Å². The molecule has 0 amide bonds. The summed E-state index contributed by atoms with van der Waals surface area (Å²) in [5.41, 5.74) is 0. The highest BCUT2D eigenvalue weighted by atomic mass is 19.4. The standard InChI is InChI=1S/C9H16F3NO/c1-2-3-6-4-7(14)5-8(13-6)9(10,11)12/h6-8,13-14H,2-5H2,1H3. The average molecular weight is 211 g/mol. The van der Waals surface area contributed by atoms with Gasteiger partial charge >= 0.3 is 6.18 Å². The van der Waals surface area contributed by atoms with E-state index in [-0.39, 0.29) is 12.5 Å². The van der Waals surface area contributed by atoms with Crippen LogP contribution in [0.3, 0.4) is 0 Å². The molecule has 0 aromatic carbocycles. The maximum absolute atomic E-state index is 12.4. The van der Waals surface area contributed by atoms with E-state index in [1.165, 1.54) is 0 Å². The molecule has 14 heavy (non-hydrogen) atoms. The first kappa shape index (κ1) is 11.8. The molecule has 0 aromatic rings. The fraction of sp³-hybridized carbons (Fsp3) is 1.00. The van der Waals surface area contributed by atoms with E-state index in [9.17, 15) is 18.3 Å². The first-order valence-electron chi connectivity index (χ1n) is 4.94. The molecule has 1 heterocycles. The summed E-state index contributed by atoms with van der Waals surface area (Å²) < 4.78 is 37.1. The van der Waals surface area contributed by atoms with Gasteiger partial charge in [-0.3, -0.25) is 0 Å². The molecular weight excluding hydrogens is 195 g/mol. The number of hydrogen-bond acceptors (Lipinski definition) is 2. The van der Waals surface area contributed by atoms with Gasteiger partial charge in [0.15, 0.2) is 0 Å². The lowest BCUT2D eigenvalue weighted by molar-refractivity contribution is -0.171. The number of halogens is 3. The fourth-order valence-corrected chi connectivity index (χ4v) is 1.90. The van der Waals surface area contributed by atoms with E-state index >= 15 is 0 Å². The molecule has 2 N–H and O–H groups in total. The van der Waals surface area contributed by atoms with Gasteiger partial charge in [0.25, 0.3) is 0 Å². The van der Waals surface area contributed by atoms with Crippen LogP contribution in [0.15, 0.2) is 0 Å². The van der Waals surface area contributed by atoms with Crippen LogP contribution in [0.5, 0.6) is 0 Å². The number of aliphatic hydroxyl groups excluding tert-OH is 1. The maximum Gasteiger partial charge on any atom is 0.403 e. The maximum atomic E-state index is 12.4. The Morgan fingerprint density at radius 1 is 1.36 bits per heavy atom. The highest BCUT2D eigenvalue weighted by Gasteiger charge is 2.44. The molecule has 0 spiro atoms. The van der Waals surface area contributed by atoms with Crippen molar-refractivity contribution in [1.29, 1.82) is 0 Å². The zero-order valence-corrected chi connectivity index (χ0v) is 8.14. The summed E-state index contributed by atoms with van der Waals surface area (Å²) in [7, 11) is 0. The molecule has 1 fully saturated rings. The second-order valence-electron chi connectivity index (χ2n) is 3.87. The van der Waals surface area contributed by atoms with Gasteiger partial charge in [0.2, 0.25) is 0 Å². The Morgan fingerprint density at radius 2 is 2.00 bits per heavy atom. The fourth-order valence-electron chi connectivity index (χ4n) is 1.90. The van der Waals surface area contributed by atoms with Crippen LogP contribution in [0, 0.1) is 0 Å². The molecule has 1 rings (SSSR count). The Labute approximate surface area is 81.5 Å². The Kier molecular flexibility index (Phi) is 3.78. The van der Waals surface area contributed by atoms with Crippen molar-refractivity contribution in [3.63, 3.8) is 0 Å². The van der Waals surface area contributed by atoms with E-state index in [0.717, 1.165) is 6.42 Å². The third-order valence-electron chi connectivity index (χ3n) is 2.53. The third-order valence-corrected chi connectivity index (χ3v) is 2.53. The molecule has 0 aromatic heterocycles. The Balaban J connectivity index is 2.54. The van der Waals surface area contributed by atoms with Gasteiger partial charge < -0.3 is 10.4 Å². The molecule has 0 radical (unpaired) electrons. The molecule has 3 atom stereocenters. The molecule has 1 saturated heterocycles. The van der Waals surface area contributed by atoms with Gasteiger partial charge in [-0.05, 0) is 19.3 Å². The molecular formula is C9H16F3NO. The predicted octanol–water partition coefficient (Wildman–Crippen LogP) is 1.83. The van der Waals surface area contributed by atoms with Crippen LogP contribution in [0.2, 0.25) is 0 Å². The van der Waals surface area contributed by atoms with Crippen molar-refractivity contribution in [3.8, 4) is 0 Å². The number of nitrogens with one attached hydrogen (secondary N) is 1. The van der Waals surface area contributed by atoms with Crippen molar-refractivity contribution in [2.45, 2.75) is 57.0 Å². The van der Waals surface area contributed by atoms with Crippen LogP contribution in [0.1, 0.15) is 32.6 Å². The summed E-state index contributed by atoms with van der Waals surface area (Å²) in [5.74, 6) is 0. The van der Waals surface area contributed by atoms with Gasteiger partial charge in [-0.2, -0.15) is 13.2 Å². The van der Waals surface area contributed by atoms with Gasteiger partial charge in [-0.25, -0.2) is 0 Å². The van der Waals surface area contributed by atoms with Crippen LogP contribution in [-0.4, -0.2) is 29.5 Å². The zero-order valence-electron chi connectivity index (χ0n) is 8.14. The number of aliphatic hydroxyl groups is 1. The quantitative estimate of drug-likeness (QED) is 0.730. The number of alkyl halides is 3. The number of rotatable bonds is 2. The first-order valence-corrected chi connectivity index (χ1v) is 4.94. The normalized spacial score (nSPS) is 34.5. The summed E-state index contributed by atoms with van der Waals surface area (Å²) in [6, 6.07) is -1.74. The molecule has 0 aliphatic carbocycles. The largest absolute Gasteiger partial charge is 0.403 e. The van der Waals surface area contributed by atoms with E-state index in [4.69, 9.17) is 0 Å². The minimum absolute atomic E-state index is 0.199. The van der Waals surface area contributed by atoms with Crippen LogP contribution in [0.4, 0.5) is 13.2 Å². The summed E-state index contributed by atoms with van der Waals surface area (Å²) in [6.07, 6.45) is -3.34. The molecule has 0 bridgehead atoms. The number of piperidine rings is 1. The molecule has 0 saturated carbocycles. The first-order chi connectivity index (χ1) is 6.43. The van der Waals surface area contributed by atoms with Crippen molar-refractivity contribution in [1.82, 2.24) is 5.32 Å². The van der Waals surface area contributed by atoms with Crippen molar-refractivity contribution >= 4 is 0 Å². The third kappa shape index (κ3) is 3.13. The lowest BCUT2D eigenvalue weighted by atomic mass is 9.93. The van der Waals surface area contributed by atoms with Gasteiger partial charge in [0.05, 0.1) is 6.10 Å². The predicted molar refractivity (Wildman–Crippen MR) is 46.9 cm³/mol. The van der Waals surface area contributed by atoms with Crippen molar-refractivity contribution < 1.29 is 18.3 Å². The Hall–Kier alpha value is -0.290. The molecule has 1 aliphatic heterocycles. The highest BCUT2D eigenvalue weighted by Crippen LogP contribution is 2.28. The second-order valence-corrected chi connectivity index (χ2v) is 3.87. The Morgan fingerprint density at radius 3 is 2.50 bits per heavy atom. The van der Waals surface area contributed by atoms with Crippen molar-refractivity contribution in [2.24, 2.45) is 0 Å². The van der Waals surface area contributed by atoms with Crippen molar-refractivity contribution in [2.75, 3.05) is 0 Å². The molecule has 1 aliphatic rings. The smallest absolute Gasteiger partial charge is 0.393 e. The van der Waals surface area contributed by atoms with E-state index < -0.39 is 18.3 Å². The van der Waals surface area contributed by atoms with Crippen LogP contribution in [0.25, 0.3) is 0 Å². The zero-order chi connectivity index (χ0) is 10.8. The summed E-state index contributed by atoms with van der Waals surface area (Å²) >= 11 is 0. The topological polar surface area (TPSA) is 32.3 Å². The lowest BCUT2D eigenvalue weighted by Crippen LogP contribution is -2.54. The van der Waals surface area contributed by atoms with Crippen LogP contribution in [-0.2, 0) is 0 Å². The van der Waals surface area contributed by atoms with Gasteiger partial charge in [0.1, 0.15) is 6.04 Å². The monoisotopic (exact) mass is 211 g/mol. The van der Waals surface area contributed by atoms with E-state index in [1.54, 1.807) is 0 Å². The lowest BCUT2D eigenvalue weighted by Gasteiger charge is -2.35. The van der Waals surface area contributed by atoms with Crippen LogP contribution >= 0.6 is 0 Å². The molecule has 3 unspecified atom stereocenters. The second kappa shape index (κ2) is 4.49. The molecule has 84 valence electrons. The van der Waals surface area contributed by atoms with Gasteiger partial charge in [-0.1, -0.05) is 13.3 Å². The SMILES string of the molecule is CCCC1CC(O)CC(C(F)(F)F)N1. The minimum Gasteiger partial charge on any atom is -0.393 e. The average Bonchev–Trinajstić information content (AvgIpc) is 2.02. The molecule has 2 nitrogen and oxygen atoms in total. The van der Waals surface area contributed by atoms with Gasteiger partial charge in [0, 0.05) is 6.04 Å². The van der Waals surface area contributed by atoms with Gasteiger partial charge in [-0.15, -0.1) is 0 Å².